The highest BCUT2D eigenvalue weighted by atomic mass is 35.5. The van der Waals surface area contributed by atoms with Crippen LogP contribution in [0.25, 0.3) is 0 Å². The molecule has 2 rings (SSSR count). The second-order valence-electron chi connectivity index (χ2n) is 2.76. The van der Waals surface area contributed by atoms with Crippen molar-refractivity contribution in [1.29, 1.82) is 0 Å². The minimum atomic E-state index is 0.616. The van der Waals surface area contributed by atoms with Gasteiger partial charge < -0.3 is 9.84 Å². The Labute approximate surface area is 89.9 Å². The second-order valence-corrected chi connectivity index (χ2v) is 4.50. The van der Waals surface area contributed by atoms with Gasteiger partial charge in [0.1, 0.15) is 15.6 Å². The summed E-state index contributed by atoms with van der Waals surface area (Å²) in [5.74, 6) is 0.747. The van der Waals surface area contributed by atoms with E-state index in [0.717, 1.165) is 16.4 Å². The molecule has 0 aliphatic rings. The Bertz CT molecular complexity index is 426. The Morgan fingerprint density at radius 1 is 1.64 bits per heavy atom. The van der Waals surface area contributed by atoms with E-state index >= 15 is 0 Å². The van der Waals surface area contributed by atoms with Crippen molar-refractivity contribution in [1.82, 2.24) is 10.1 Å². The lowest BCUT2D eigenvalue weighted by Crippen LogP contribution is -1.99. The summed E-state index contributed by atoms with van der Waals surface area (Å²) in [6.45, 7) is 2.54. The summed E-state index contributed by atoms with van der Waals surface area (Å²) in [5.41, 5.74) is 0.979. The smallest absolute Gasteiger partial charge is 0.172 e. The zero-order chi connectivity index (χ0) is 9.97. The predicted octanol–water partition coefficient (Wildman–Crippen LogP) is 2.71. The normalized spacial score (nSPS) is 10.4. The van der Waals surface area contributed by atoms with Crippen LogP contribution in [0.4, 0.5) is 5.82 Å². The van der Waals surface area contributed by atoms with Gasteiger partial charge in [-0.3, -0.25) is 0 Å². The first-order valence-electron chi connectivity index (χ1n) is 4.01. The molecule has 14 heavy (non-hydrogen) atoms. The van der Waals surface area contributed by atoms with E-state index in [0.29, 0.717) is 10.9 Å². The molecule has 6 heteroatoms. The van der Waals surface area contributed by atoms with Crippen molar-refractivity contribution in [2.75, 3.05) is 5.32 Å². The second kappa shape index (κ2) is 3.98. The number of rotatable bonds is 3. The molecule has 0 radical (unpaired) electrons. The zero-order valence-corrected chi connectivity index (χ0v) is 9.02. The molecule has 0 aromatic carbocycles. The third-order valence-corrected chi connectivity index (χ3v) is 2.79. The van der Waals surface area contributed by atoms with Crippen molar-refractivity contribution in [3.63, 3.8) is 0 Å². The number of nitrogens with zero attached hydrogens (tertiary/aromatic N) is 2. The first-order valence-corrected chi connectivity index (χ1v) is 5.20. The van der Waals surface area contributed by atoms with Crippen LogP contribution in [0.15, 0.2) is 17.0 Å². The van der Waals surface area contributed by atoms with Gasteiger partial charge in [0.15, 0.2) is 5.82 Å². The van der Waals surface area contributed by atoms with Crippen molar-refractivity contribution in [2.45, 2.75) is 13.5 Å². The summed E-state index contributed by atoms with van der Waals surface area (Å²) in [6.07, 6.45) is 3.23. The van der Waals surface area contributed by atoms with Gasteiger partial charge in [-0.1, -0.05) is 16.8 Å². The van der Waals surface area contributed by atoms with Gasteiger partial charge in [-0.2, -0.15) is 0 Å². The van der Waals surface area contributed by atoms with Crippen LogP contribution < -0.4 is 5.32 Å². The van der Waals surface area contributed by atoms with Crippen molar-refractivity contribution in [3.8, 4) is 0 Å². The highest BCUT2D eigenvalue weighted by Gasteiger charge is 2.04. The molecule has 0 spiro atoms. The number of aryl methyl sites for hydroxylation is 1. The number of thiazole rings is 1. The Kier molecular flexibility index (Phi) is 2.69. The van der Waals surface area contributed by atoms with Crippen LogP contribution in [-0.2, 0) is 6.54 Å². The van der Waals surface area contributed by atoms with Crippen LogP contribution in [0.5, 0.6) is 0 Å². The molecule has 0 aliphatic heterocycles. The molecule has 0 saturated heterocycles. The minimum absolute atomic E-state index is 0.616. The minimum Gasteiger partial charge on any atom is -0.362 e. The van der Waals surface area contributed by atoms with Gasteiger partial charge in [0.2, 0.25) is 0 Å². The average Bonchev–Trinajstić information content (AvgIpc) is 2.72. The molecular weight excluding hydrogens is 222 g/mol. The van der Waals surface area contributed by atoms with Crippen molar-refractivity contribution < 1.29 is 4.52 Å². The van der Waals surface area contributed by atoms with E-state index in [-0.39, 0.29) is 0 Å². The molecule has 0 saturated carbocycles. The first-order chi connectivity index (χ1) is 6.75. The monoisotopic (exact) mass is 229 g/mol. The summed E-state index contributed by atoms with van der Waals surface area (Å²) < 4.78 is 5.48. The fourth-order valence-electron chi connectivity index (χ4n) is 0.987. The lowest BCUT2D eigenvalue weighted by Gasteiger charge is -1.98. The van der Waals surface area contributed by atoms with E-state index in [2.05, 4.69) is 15.5 Å². The molecule has 74 valence electrons. The first kappa shape index (κ1) is 9.48. The number of nitrogens with one attached hydrogen (secondary N) is 1. The Hall–Kier alpha value is -1.07. The summed E-state index contributed by atoms with van der Waals surface area (Å²) in [7, 11) is 0. The maximum atomic E-state index is 5.75. The number of hydrogen-bond donors (Lipinski definition) is 1. The zero-order valence-electron chi connectivity index (χ0n) is 7.45. The van der Waals surface area contributed by atoms with E-state index in [4.69, 9.17) is 16.1 Å². The van der Waals surface area contributed by atoms with E-state index in [9.17, 15) is 0 Å². The van der Waals surface area contributed by atoms with Crippen molar-refractivity contribution >= 4 is 28.8 Å². The molecule has 2 aromatic rings. The molecule has 0 aliphatic carbocycles. The molecule has 4 nitrogen and oxygen atoms in total. The van der Waals surface area contributed by atoms with E-state index in [1.165, 1.54) is 11.3 Å². The average molecular weight is 230 g/mol. The van der Waals surface area contributed by atoms with Crippen molar-refractivity contribution in [3.05, 3.63) is 27.4 Å². The topological polar surface area (TPSA) is 51.0 Å². The SMILES string of the molecule is Cc1conc1NCc1ncc(Cl)s1. The van der Waals surface area contributed by atoms with Gasteiger partial charge in [0.25, 0.3) is 0 Å². The van der Waals surface area contributed by atoms with Gasteiger partial charge in [0, 0.05) is 5.56 Å². The highest BCUT2D eigenvalue weighted by molar-refractivity contribution is 7.15. The molecule has 0 bridgehead atoms. The molecule has 0 fully saturated rings. The summed E-state index contributed by atoms with van der Waals surface area (Å²) in [5, 5.41) is 7.83. The Morgan fingerprint density at radius 3 is 3.07 bits per heavy atom. The van der Waals surface area contributed by atoms with Crippen LogP contribution in [-0.4, -0.2) is 10.1 Å². The molecule has 2 aromatic heterocycles. The van der Waals surface area contributed by atoms with Crippen LogP contribution in [0.1, 0.15) is 10.6 Å². The van der Waals surface area contributed by atoms with Crippen LogP contribution in [0.3, 0.4) is 0 Å². The molecule has 1 N–H and O–H groups in total. The van der Waals surface area contributed by atoms with E-state index in [1.807, 2.05) is 6.92 Å². The van der Waals surface area contributed by atoms with Crippen LogP contribution in [0, 0.1) is 6.92 Å². The fraction of sp³-hybridized carbons (Fsp3) is 0.250. The van der Waals surface area contributed by atoms with Gasteiger partial charge >= 0.3 is 0 Å². The molecule has 2 heterocycles. The number of halogens is 1. The third kappa shape index (κ3) is 2.05. The molecule has 0 unspecified atom stereocenters. The Balaban J connectivity index is 1.98. The van der Waals surface area contributed by atoms with Gasteiger partial charge in [-0.25, -0.2) is 4.98 Å². The number of aromatic nitrogens is 2. The molecular formula is C8H8ClN3OS. The van der Waals surface area contributed by atoms with Crippen LogP contribution in [0.2, 0.25) is 4.34 Å². The molecule has 0 amide bonds. The number of hydrogen-bond acceptors (Lipinski definition) is 5. The fourth-order valence-corrected chi connectivity index (χ4v) is 1.88. The largest absolute Gasteiger partial charge is 0.362 e. The van der Waals surface area contributed by atoms with E-state index in [1.54, 1.807) is 12.5 Å². The standard InChI is InChI=1S/C8H8ClN3OS/c1-5-4-13-12-8(5)11-3-7-10-2-6(9)14-7/h2,4H,3H2,1H3,(H,11,12). The lowest BCUT2D eigenvalue weighted by molar-refractivity contribution is 0.421. The lowest BCUT2D eigenvalue weighted by atomic mass is 10.4. The van der Waals surface area contributed by atoms with Crippen molar-refractivity contribution in [2.24, 2.45) is 0 Å². The summed E-state index contributed by atoms with van der Waals surface area (Å²) in [6, 6.07) is 0. The van der Waals surface area contributed by atoms with Gasteiger partial charge in [-0.05, 0) is 6.92 Å². The highest BCUT2D eigenvalue weighted by Crippen LogP contribution is 2.19. The van der Waals surface area contributed by atoms with E-state index < -0.39 is 0 Å². The number of anilines is 1. The quantitative estimate of drug-likeness (QED) is 0.879. The van der Waals surface area contributed by atoms with Gasteiger partial charge in [0.05, 0.1) is 12.7 Å². The Morgan fingerprint density at radius 2 is 2.50 bits per heavy atom. The molecule has 0 atom stereocenters. The van der Waals surface area contributed by atoms with Gasteiger partial charge in [-0.15, -0.1) is 11.3 Å². The maximum Gasteiger partial charge on any atom is 0.172 e. The maximum absolute atomic E-state index is 5.75. The van der Waals surface area contributed by atoms with Crippen LogP contribution >= 0.6 is 22.9 Å². The predicted molar refractivity (Wildman–Crippen MR) is 55.7 cm³/mol. The summed E-state index contributed by atoms with van der Waals surface area (Å²) >= 11 is 7.20. The third-order valence-electron chi connectivity index (χ3n) is 1.68. The summed E-state index contributed by atoms with van der Waals surface area (Å²) in [4.78, 5) is 4.11.